The highest BCUT2D eigenvalue weighted by Gasteiger charge is 2.27. The lowest BCUT2D eigenvalue weighted by molar-refractivity contribution is -0.141. The maximum absolute atomic E-state index is 13.7. The highest BCUT2D eigenvalue weighted by atomic mass is 19.1. The van der Waals surface area contributed by atoms with Gasteiger partial charge in [-0.05, 0) is 69.7 Å². The van der Waals surface area contributed by atoms with E-state index in [4.69, 9.17) is 14.2 Å². The van der Waals surface area contributed by atoms with Gasteiger partial charge >= 0.3 is 12.1 Å². The van der Waals surface area contributed by atoms with Crippen molar-refractivity contribution in [3.8, 4) is 28.4 Å². The standard InChI is InChI=1S/C30H36FN5O8/c1-30(2,3)44-29(40)32-15-14-20(27(38)33-17-25(37)43-6)34-28(39)21-16-22(26-23(41-4)8-7-9-24(26)42-5)36(35-21)19-12-10-18(31)11-13-19/h7-13,16,20H,14-15,17H2,1-6H3,(H,32,40)(H,33,38)(H,34,39)/t20-/m0/s1. The van der Waals surface area contributed by atoms with E-state index in [1.54, 1.807) is 39.0 Å². The number of hydrogen-bond donors (Lipinski definition) is 3. The van der Waals surface area contributed by atoms with Crippen LogP contribution in [0.25, 0.3) is 16.9 Å². The molecule has 3 N–H and O–H groups in total. The molecule has 0 aliphatic heterocycles. The van der Waals surface area contributed by atoms with Crippen LogP contribution < -0.4 is 25.4 Å². The van der Waals surface area contributed by atoms with Crippen LogP contribution >= 0.6 is 0 Å². The van der Waals surface area contributed by atoms with Crippen molar-refractivity contribution < 1.29 is 42.5 Å². The maximum Gasteiger partial charge on any atom is 0.407 e. The first-order valence-corrected chi connectivity index (χ1v) is 13.6. The third-order valence-corrected chi connectivity index (χ3v) is 6.05. The summed E-state index contributed by atoms with van der Waals surface area (Å²) in [7, 11) is 4.13. The first-order chi connectivity index (χ1) is 20.9. The number of hydrogen-bond acceptors (Lipinski definition) is 9. The van der Waals surface area contributed by atoms with Gasteiger partial charge < -0.3 is 34.9 Å². The minimum atomic E-state index is -1.19. The van der Waals surface area contributed by atoms with E-state index in [1.165, 1.54) is 56.3 Å². The fourth-order valence-corrected chi connectivity index (χ4v) is 4.04. The summed E-state index contributed by atoms with van der Waals surface area (Å²) < 4.78 is 36.0. The monoisotopic (exact) mass is 613 g/mol. The molecule has 1 heterocycles. The fraction of sp³-hybridized carbons (Fsp3) is 0.367. The Morgan fingerprint density at radius 1 is 0.955 bits per heavy atom. The van der Waals surface area contributed by atoms with Crippen LogP contribution in [-0.2, 0) is 19.1 Å². The lowest BCUT2D eigenvalue weighted by Crippen LogP contribution is -2.49. The summed E-state index contributed by atoms with van der Waals surface area (Å²) >= 11 is 0. The number of halogens is 1. The zero-order valence-electron chi connectivity index (χ0n) is 25.4. The first-order valence-electron chi connectivity index (χ1n) is 13.6. The number of nitrogens with zero attached hydrogens (tertiary/aromatic N) is 2. The molecule has 1 atom stereocenters. The van der Waals surface area contributed by atoms with Crippen molar-refractivity contribution in [2.75, 3.05) is 34.4 Å². The molecular formula is C30H36FN5O8. The van der Waals surface area contributed by atoms with E-state index in [1.807, 2.05) is 0 Å². The summed E-state index contributed by atoms with van der Waals surface area (Å²) in [6.07, 6.45) is -0.755. The number of amides is 3. The Balaban J connectivity index is 1.96. The second-order valence-electron chi connectivity index (χ2n) is 10.4. The van der Waals surface area contributed by atoms with Crippen molar-refractivity contribution in [3.05, 3.63) is 60.0 Å². The van der Waals surface area contributed by atoms with E-state index in [2.05, 4.69) is 25.8 Å². The number of methoxy groups -OCH3 is 3. The number of rotatable bonds is 12. The van der Waals surface area contributed by atoms with Crippen molar-refractivity contribution in [2.45, 2.75) is 38.8 Å². The molecule has 14 heteroatoms. The van der Waals surface area contributed by atoms with E-state index in [0.29, 0.717) is 28.4 Å². The topological polar surface area (TPSA) is 159 Å². The zero-order valence-corrected chi connectivity index (χ0v) is 25.4. The lowest BCUT2D eigenvalue weighted by atomic mass is 10.1. The third-order valence-electron chi connectivity index (χ3n) is 6.05. The number of carbonyl (C=O) groups is 4. The molecule has 0 radical (unpaired) electrons. The number of benzene rings is 2. The van der Waals surface area contributed by atoms with Crippen LogP contribution in [0.15, 0.2) is 48.5 Å². The number of carbonyl (C=O) groups excluding carboxylic acids is 4. The van der Waals surface area contributed by atoms with E-state index in [0.717, 1.165) is 0 Å². The van der Waals surface area contributed by atoms with E-state index < -0.39 is 47.9 Å². The molecule has 13 nitrogen and oxygen atoms in total. The summed E-state index contributed by atoms with van der Waals surface area (Å²) in [4.78, 5) is 50.2. The van der Waals surface area contributed by atoms with Gasteiger partial charge in [-0.1, -0.05) is 6.07 Å². The smallest absolute Gasteiger partial charge is 0.407 e. The highest BCUT2D eigenvalue weighted by molar-refractivity contribution is 5.98. The Bertz CT molecular complexity index is 1460. The van der Waals surface area contributed by atoms with Crippen molar-refractivity contribution >= 4 is 23.9 Å². The Labute approximate surface area is 254 Å². The van der Waals surface area contributed by atoms with Gasteiger partial charge in [0.2, 0.25) is 5.91 Å². The molecule has 3 aromatic rings. The van der Waals surface area contributed by atoms with Crippen LogP contribution in [0, 0.1) is 5.82 Å². The molecule has 0 spiro atoms. The predicted molar refractivity (Wildman–Crippen MR) is 157 cm³/mol. The van der Waals surface area contributed by atoms with Crippen molar-refractivity contribution in [1.82, 2.24) is 25.7 Å². The first kappa shape index (κ1) is 33.4. The second kappa shape index (κ2) is 14.8. The quantitative estimate of drug-likeness (QED) is 0.261. The SMILES string of the molecule is COC(=O)CNC(=O)[C@H](CCNC(=O)OC(C)(C)C)NC(=O)c1cc(-c2c(OC)cccc2OC)n(-c2ccc(F)cc2)n1. The van der Waals surface area contributed by atoms with Crippen LogP contribution in [0.3, 0.4) is 0 Å². The number of ether oxygens (including phenoxy) is 4. The number of esters is 1. The number of alkyl carbamates (subject to hydrolysis) is 1. The second-order valence-corrected chi connectivity index (χ2v) is 10.4. The van der Waals surface area contributed by atoms with Gasteiger partial charge in [-0.25, -0.2) is 13.9 Å². The molecule has 3 amide bonds. The van der Waals surface area contributed by atoms with Crippen LogP contribution in [0.2, 0.25) is 0 Å². The van der Waals surface area contributed by atoms with E-state index in [-0.39, 0.29) is 18.7 Å². The van der Waals surface area contributed by atoms with Gasteiger partial charge in [0.1, 0.15) is 35.5 Å². The molecule has 236 valence electrons. The molecule has 2 aromatic carbocycles. The van der Waals surface area contributed by atoms with Crippen molar-refractivity contribution in [2.24, 2.45) is 0 Å². The lowest BCUT2D eigenvalue weighted by Gasteiger charge is -2.21. The van der Waals surface area contributed by atoms with Crippen LogP contribution in [0.4, 0.5) is 9.18 Å². The van der Waals surface area contributed by atoms with E-state index in [9.17, 15) is 23.6 Å². The average Bonchev–Trinajstić information content (AvgIpc) is 3.43. The molecular weight excluding hydrogens is 577 g/mol. The summed E-state index contributed by atoms with van der Waals surface area (Å²) in [6.45, 7) is 4.64. The molecule has 44 heavy (non-hydrogen) atoms. The van der Waals surface area contributed by atoms with Gasteiger partial charge in [-0.15, -0.1) is 0 Å². The molecule has 0 unspecified atom stereocenters. The Hall–Kier alpha value is -5.14. The van der Waals surface area contributed by atoms with Crippen LogP contribution in [0.1, 0.15) is 37.7 Å². The summed E-state index contributed by atoms with van der Waals surface area (Å²) in [5.74, 6) is -1.74. The molecule has 0 aliphatic carbocycles. The summed E-state index contributed by atoms with van der Waals surface area (Å²) in [6, 6.07) is 10.9. The molecule has 3 rings (SSSR count). The molecule has 1 aromatic heterocycles. The summed E-state index contributed by atoms with van der Waals surface area (Å²) in [5.41, 5.74) is 0.461. The van der Waals surface area contributed by atoms with Crippen molar-refractivity contribution in [1.29, 1.82) is 0 Å². The Morgan fingerprint density at radius 2 is 1.59 bits per heavy atom. The normalized spacial score (nSPS) is 11.6. The largest absolute Gasteiger partial charge is 0.496 e. The van der Waals surface area contributed by atoms with Crippen LogP contribution in [0.5, 0.6) is 11.5 Å². The molecule has 0 fully saturated rings. The van der Waals surface area contributed by atoms with Crippen LogP contribution in [-0.4, -0.2) is 79.7 Å². The van der Waals surface area contributed by atoms with Gasteiger partial charge in [0, 0.05) is 6.54 Å². The zero-order chi connectivity index (χ0) is 32.4. The van der Waals surface area contributed by atoms with Gasteiger partial charge in [-0.2, -0.15) is 5.10 Å². The van der Waals surface area contributed by atoms with Gasteiger partial charge in [0.15, 0.2) is 5.69 Å². The maximum atomic E-state index is 13.7. The van der Waals surface area contributed by atoms with Gasteiger partial charge in [-0.3, -0.25) is 14.4 Å². The Morgan fingerprint density at radius 3 is 2.16 bits per heavy atom. The number of nitrogens with one attached hydrogen (secondary N) is 3. The van der Waals surface area contributed by atoms with Gasteiger partial charge in [0.05, 0.1) is 38.3 Å². The van der Waals surface area contributed by atoms with Gasteiger partial charge in [0.25, 0.3) is 5.91 Å². The molecule has 0 saturated heterocycles. The highest BCUT2D eigenvalue weighted by Crippen LogP contribution is 2.39. The predicted octanol–water partition coefficient (Wildman–Crippen LogP) is 3.00. The molecule has 0 saturated carbocycles. The minimum absolute atomic E-state index is 0.0425. The average molecular weight is 614 g/mol. The molecule has 0 bridgehead atoms. The summed E-state index contributed by atoms with van der Waals surface area (Å²) in [5, 5.41) is 12.0. The van der Waals surface area contributed by atoms with E-state index >= 15 is 0 Å². The van der Waals surface area contributed by atoms with Crippen molar-refractivity contribution in [3.63, 3.8) is 0 Å². The third kappa shape index (κ3) is 8.93. The molecule has 0 aliphatic rings. The Kier molecular flexibility index (Phi) is 11.3. The minimum Gasteiger partial charge on any atom is -0.496 e. The fourth-order valence-electron chi connectivity index (χ4n) is 4.04. The number of aromatic nitrogens is 2.